The van der Waals surface area contributed by atoms with Crippen LogP contribution in [0.4, 0.5) is 5.69 Å². The van der Waals surface area contributed by atoms with Crippen molar-refractivity contribution in [2.45, 2.75) is 37.9 Å². The fourth-order valence-corrected chi connectivity index (χ4v) is 5.45. The van der Waals surface area contributed by atoms with Crippen molar-refractivity contribution in [1.82, 2.24) is 9.80 Å². The summed E-state index contributed by atoms with van der Waals surface area (Å²) in [4.78, 5) is 44.1. The molecule has 4 aliphatic heterocycles. The smallest absolute Gasteiger partial charge is 0.228 e. The summed E-state index contributed by atoms with van der Waals surface area (Å²) in [5.41, 5.74) is 0.842. The van der Waals surface area contributed by atoms with E-state index in [9.17, 15) is 14.4 Å². The van der Waals surface area contributed by atoms with E-state index in [-0.39, 0.29) is 36.0 Å². The Morgan fingerprint density at radius 3 is 2.09 bits per heavy atom. The molecule has 5 rings (SSSR count). The van der Waals surface area contributed by atoms with E-state index in [1.54, 1.807) is 4.90 Å². The van der Waals surface area contributed by atoms with Crippen molar-refractivity contribution in [2.75, 3.05) is 50.8 Å². The first-order valence-electron chi connectivity index (χ1n) is 11.8. The van der Waals surface area contributed by atoms with Gasteiger partial charge in [0.25, 0.3) is 0 Å². The number of benzene rings is 1. The van der Waals surface area contributed by atoms with Crippen molar-refractivity contribution in [1.29, 1.82) is 0 Å². The van der Waals surface area contributed by atoms with Crippen molar-refractivity contribution in [3.8, 4) is 0 Å². The van der Waals surface area contributed by atoms with E-state index in [1.807, 2.05) is 40.1 Å². The van der Waals surface area contributed by atoms with Gasteiger partial charge < -0.3 is 24.2 Å². The van der Waals surface area contributed by atoms with Gasteiger partial charge in [-0.1, -0.05) is 18.2 Å². The zero-order valence-corrected chi connectivity index (χ0v) is 18.4. The summed E-state index contributed by atoms with van der Waals surface area (Å²) >= 11 is 0. The SMILES string of the molecule is O=C(C1CCN(C(=O)[C@H]2CC(=O)N(c3ccccc3)C2)CC1)N1CCC2(CC1)OCCO2. The monoisotopic (exact) mass is 441 g/mol. The van der Waals surface area contributed by atoms with Gasteiger partial charge in [0.05, 0.1) is 19.1 Å². The zero-order chi connectivity index (χ0) is 22.1. The second kappa shape index (κ2) is 8.83. The summed E-state index contributed by atoms with van der Waals surface area (Å²) in [6, 6.07) is 9.51. The van der Waals surface area contributed by atoms with E-state index in [1.165, 1.54) is 0 Å². The molecule has 4 aliphatic rings. The lowest BCUT2D eigenvalue weighted by atomic mass is 9.92. The molecule has 0 aromatic heterocycles. The van der Waals surface area contributed by atoms with Crippen LogP contribution in [0, 0.1) is 11.8 Å². The van der Waals surface area contributed by atoms with Crippen LogP contribution in [-0.4, -0.2) is 79.2 Å². The highest BCUT2D eigenvalue weighted by Crippen LogP contribution is 2.33. The Bertz CT molecular complexity index is 852. The number of anilines is 1. The summed E-state index contributed by atoms with van der Waals surface area (Å²) in [6.07, 6.45) is 3.07. The van der Waals surface area contributed by atoms with E-state index in [4.69, 9.17) is 9.47 Å². The average molecular weight is 442 g/mol. The molecule has 1 aromatic rings. The molecule has 4 fully saturated rings. The third kappa shape index (κ3) is 4.13. The summed E-state index contributed by atoms with van der Waals surface area (Å²) in [5.74, 6) is -0.588. The van der Waals surface area contributed by atoms with E-state index in [2.05, 4.69) is 0 Å². The van der Waals surface area contributed by atoms with Crippen molar-refractivity contribution in [2.24, 2.45) is 11.8 Å². The first-order chi connectivity index (χ1) is 15.5. The molecule has 3 amide bonds. The van der Waals surface area contributed by atoms with Gasteiger partial charge in [-0.3, -0.25) is 14.4 Å². The molecule has 0 aliphatic carbocycles. The minimum Gasteiger partial charge on any atom is -0.347 e. The maximum absolute atomic E-state index is 13.1. The number of nitrogens with zero attached hydrogens (tertiary/aromatic N) is 3. The molecular weight excluding hydrogens is 410 g/mol. The summed E-state index contributed by atoms with van der Waals surface area (Å²) in [7, 11) is 0. The zero-order valence-electron chi connectivity index (χ0n) is 18.4. The largest absolute Gasteiger partial charge is 0.347 e. The number of ether oxygens (including phenoxy) is 2. The quantitative estimate of drug-likeness (QED) is 0.713. The molecular formula is C24H31N3O5. The van der Waals surface area contributed by atoms with Gasteiger partial charge >= 0.3 is 0 Å². The Morgan fingerprint density at radius 1 is 0.844 bits per heavy atom. The summed E-state index contributed by atoms with van der Waals surface area (Å²) < 4.78 is 11.5. The number of hydrogen-bond acceptors (Lipinski definition) is 5. The Labute approximate surface area is 188 Å². The molecule has 4 heterocycles. The van der Waals surface area contributed by atoms with Gasteiger partial charge in [0.1, 0.15) is 0 Å². The molecule has 1 atom stereocenters. The number of hydrogen-bond donors (Lipinski definition) is 0. The topological polar surface area (TPSA) is 79.4 Å². The number of amides is 3. The summed E-state index contributed by atoms with van der Waals surface area (Å²) in [6.45, 7) is 4.19. The molecule has 8 heteroatoms. The van der Waals surface area contributed by atoms with Crippen LogP contribution in [0.1, 0.15) is 32.1 Å². The van der Waals surface area contributed by atoms with Crippen LogP contribution in [0.2, 0.25) is 0 Å². The van der Waals surface area contributed by atoms with Crippen LogP contribution in [0.5, 0.6) is 0 Å². The van der Waals surface area contributed by atoms with Crippen LogP contribution in [-0.2, 0) is 23.9 Å². The molecule has 8 nitrogen and oxygen atoms in total. The number of carbonyl (C=O) groups is 3. The molecule has 0 N–H and O–H groups in total. The fraction of sp³-hybridized carbons (Fsp3) is 0.625. The highest BCUT2D eigenvalue weighted by molar-refractivity contribution is 6.00. The second-order valence-electron chi connectivity index (χ2n) is 9.27. The first-order valence-corrected chi connectivity index (χ1v) is 11.8. The minimum absolute atomic E-state index is 0.00212. The molecule has 0 radical (unpaired) electrons. The average Bonchev–Trinajstić information content (AvgIpc) is 3.46. The van der Waals surface area contributed by atoms with Gasteiger partial charge in [0.2, 0.25) is 17.7 Å². The predicted molar refractivity (Wildman–Crippen MR) is 117 cm³/mol. The van der Waals surface area contributed by atoms with Gasteiger partial charge in [-0.15, -0.1) is 0 Å². The van der Waals surface area contributed by atoms with Gasteiger partial charge in [0.15, 0.2) is 5.79 Å². The Balaban J connectivity index is 1.11. The van der Waals surface area contributed by atoms with Crippen molar-refractivity contribution in [3.63, 3.8) is 0 Å². The molecule has 172 valence electrons. The predicted octanol–water partition coefficient (Wildman–Crippen LogP) is 1.64. The van der Waals surface area contributed by atoms with Crippen molar-refractivity contribution in [3.05, 3.63) is 30.3 Å². The van der Waals surface area contributed by atoms with Crippen LogP contribution >= 0.6 is 0 Å². The molecule has 1 aromatic carbocycles. The molecule has 4 saturated heterocycles. The van der Waals surface area contributed by atoms with Crippen LogP contribution in [0.3, 0.4) is 0 Å². The maximum Gasteiger partial charge on any atom is 0.228 e. The first kappa shape index (κ1) is 21.4. The lowest BCUT2D eigenvalue weighted by Gasteiger charge is -2.40. The second-order valence-corrected chi connectivity index (χ2v) is 9.27. The number of piperidine rings is 2. The van der Waals surface area contributed by atoms with E-state index >= 15 is 0 Å². The highest BCUT2D eigenvalue weighted by Gasteiger charge is 2.43. The molecule has 0 unspecified atom stereocenters. The number of para-hydroxylation sites is 1. The van der Waals surface area contributed by atoms with Crippen molar-refractivity contribution >= 4 is 23.4 Å². The van der Waals surface area contributed by atoms with Crippen LogP contribution in [0.15, 0.2) is 30.3 Å². The molecule has 0 saturated carbocycles. The number of likely N-dealkylation sites (tertiary alicyclic amines) is 2. The normalized spacial score (nSPS) is 26.2. The maximum atomic E-state index is 13.1. The molecule has 32 heavy (non-hydrogen) atoms. The van der Waals surface area contributed by atoms with E-state index in [0.717, 1.165) is 18.5 Å². The van der Waals surface area contributed by atoms with E-state index < -0.39 is 5.79 Å². The third-order valence-electron chi connectivity index (χ3n) is 7.35. The lowest BCUT2D eigenvalue weighted by molar-refractivity contribution is -0.188. The van der Waals surface area contributed by atoms with Crippen molar-refractivity contribution < 1.29 is 23.9 Å². The Kier molecular flexibility index (Phi) is 5.90. The number of carbonyl (C=O) groups excluding carboxylic acids is 3. The minimum atomic E-state index is -0.473. The Hall–Kier alpha value is -2.45. The fourth-order valence-electron chi connectivity index (χ4n) is 5.45. The molecule has 1 spiro atoms. The Morgan fingerprint density at radius 2 is 1.44 bits per heavy atom. The van der Waals surface area contributed by atoms with Crippen LogP contribution < -0.4 is 4.90 Å². The van der Waals surface area contributed by atoms with E-state index in [0.29, 0.717) is 58.8 Å². The van der Waals surface area contributed by atoms with Gasteiger partial charge in [0, 0.05) is 63.6 Å². The third-order valence-corrected chi connectivity index (χ3v) is 7.35. The van der Waals surface area contributed by atoms with Gasteiger partial charge in [-0.2, -0.15) is 0 Å². The van der Waals surface area contributed by atoms with Crippen LogP contribution in [0.25, 0.3) is 0 Å². The standard InChI is InChI=1S/C24H31N3O5/c28-21-16-19(17-27(21)20-4-2-1-3-5-20)23(30)25-10-6-18(7-11-25)22(29)26-12-8-24(9-13-26)31-14-15-32-24/h1-5,18-19H,6-17H2/t19-/m0/s1. The molecule has 0 bridgehead atoms. The summed E-state index contributed by atoms with van der Waals surface area (Å²) in [5, 5.41) is 0. The lowest BCUT2D eigenvalue weighted by Crippen LogP contribution is -2.51. The highest BCUT2D eigenvalue weighted by atomic mass is 16.7. The number of rotatable bonds is 3. The van der Waals surface area contributed by atoms with Gasteiger partial charge in [-0.05, 0) is 25.0 Å². The van der Waals surface area contributed by atoms with Gasteiger partial charge in [-0.25, -0.2) is 0 Å².